The lowest BCUT2D eigenvalue weighted by molar-refractivity contribution is -0.421. The van der Waals surface area contributed by atoms with Crippen molar-refractivity contribution in [3.63, 3.8) is 0 Å². The highest BCUT2D eigenvalue weighted by atomic mass is 16.8. The van der Waals surface area contributed by atoms with Crippen LogP contribution in [0.2, 0.25) is 0 Å². The Labute approximate surface area is 362 Å². The van der Waals surface area contributed by atoms with Crippen molar-refractivity contribution in [2.45, 2.75) is 87.2 Å². The summed E-state index contributed by atoms with van der Waals surface area (Å²) in [5.74, 6) is 0. The van der Waals surface area contributed by atoms with Crippen LogP contribution in [0.3, 0.4) is 0 Å². The van der Waals surface area contributed by atoms with E-state index in [1.807, 2.05) is 121 Å². The van der Waals surface area contributed by atoms with Crippen LogP contribution in [0, 0.1) is 0 Å². The zero-order valence-electron chi connectivity index (χ0n) is 34.7. The van der Waals surface area contributed by atoms with Gasteiger partial charge in [-0.3, -0.25) is 0 Å². The molecule has 0 amide bonds. The first-order chi connectivity index (χ1) is 30.8. The van der Waals surface area contributed by atoms with Crippen LogP contribution in [-0.4, -0.2) is 127 Å². The summed E-state index contributed by atoms with van der Waals surface area (Å²) in [7, 11) is 0. The van der Waals surface area contributed by atoms with E-state index in [1.165, 1.54) is 0 Å². The molecule has 14 heteroatoms. The van der Waals surface area contributed by atoms with Crippen molar-refractivity contribution in [2.75, 3.05) is 66.1 Å². The summed E-state index contributed by atoms with van der Waals surface area (Å²) in [6.07, 6.45) is -8.71. The van der Waals surface area contributed by atoms with Gasteiger partial charge < -0.3 is 66.3 Å². The van der Waals surface area contributed by atoms with Gasteiger partial charge in [-0.15, -0.1) is 0 Å². The first-order valence-corrected chi connectivity index (χ1v) is 21.6. The lowest BCUT2D eigenvalue weighted by atomic mass is 9.95. The Morgan fingerprint density at radius 1 is 0.371 bits per heavy atom. The van der Waals surface area contributed by atoms with Crippen LogP contribution in [0.1, 0.15) is 34.8 Å². The van der Waals surface area contributed by atoms with Gasteiger partial charge in [0.05, 0.1) is 79.3 Å². The second-order valence-corrected chi connectivity index (χ2v) is 15.6. The highest BCUT2D eigenvalue weighted by Gasteiger charge is 2.56. The van der Waals surface area contributed by atoms with Crippen LogP contribution in [-0.2, 0) is 79.5 Å². The van der Waals surface area contributed by atoms with Crippen LogP contribution in [0.25, 0.3) is 0 Å². The minimum Gasteiger partial charge on any atom is -0.377 e. The maximum absolute atomic E-state index is 7.01. The molecule has 0 saturated carbocycles. The molecular formula is C48H56O14. The molecule has 4 aromatic rings. The standard InChI is InChI=1S/C48H56O14/c1-5-13-33(14-6-1)29-54-41-39-37(31-56-45(60-39)35-17-9-3-10-18-35)58-47-43(41)52-27-25-50-23-21-49-22-24-51-26-28-53-44-42(55-30-34-15-7-2-8-16-34)40-38(59-48(44)62-47)32-57-46(61-40)36-19-11-4-12-20-36/h1-20,37-48H,21-32H2/t37-,38-,39-,40-,41+,42+,43-,44-,45?,46?,47-,48-/m1/s1. The summed E-state index contributed by atoms with van der Waals surface area (Å²) in [5, 5.41) is 0. The van der Waals surface area contributed by atoms with Gasteiger partial charge in [0.2, 0.25) is 0 Å². The molecule has 0 aliphatic carbocycles. The molecule has 5 heterocycles. The highest BCUT2D eigenvalue weighted by Crippen LogP contribution is 2.41. The van der Waals surface area contributed by atoms with Crippen molar-refractivity contribution in [3.05, 3.63) is 144 Å². The quantitative estimate of drug-likeness (QED) is 0.215. The Morgan fingerprint density at radius 2 is 0.742 bits per heavy atom. The summed E-state index contributed by atoms with van der Waals surface area (Å²) < 4.78 is 91.4. The predicted molar refractivity (Wildman–Crippen MR) is 220 cm³/mol. The molecule has 5 fully saturated rings. The highest BCUT2D eigenvalue weighted by molar-refractivity contribution is 5.19. The molecule has 2 unspecified atom stereocenters. The second-order valence-electron chi connectivity index (χ2n) is 15.6. The fraction of sp³-hybridized carbons (Fsp3) is 0.500. The van der Waals surface area contributed by atoms with Crippen molar-refractivity contribution in [1.29, 1.82) is 0 Å². The topological polar surface area (TPSA) is 129 Å². The van der Waals surface area contributed by atoms with Crippen molar-refractivity contribution < 1.29 is 66.3 Å². The minimum atomic E-state index is -1.04. The molecule has 0 N–H and O–H groups in total. The van der Waals surface area contributed by atoms with E-state index in [1.54, 1.807) is 0 Å². The number of hydrogen-bond donors (Lipinski definition) is 0. The molecule has 5 aliphatic rings. The molecule has 0 aromatic heterocycles. The third-order valence-corrected chi connectivity index (χ3v) is 11.4. The van der Waals surface area contributed by atoms with E-state index in [0.717, 1.165) is 22.3 Å². The third-order valence-electron chi connectivity index (χ3n) is 11.4. The van der Waals surface area contributed by atoms with Gasteiger partial charge in [-0.25, -0.2) is 0 Å². The van der Waals surface area contributed by atoms with Crippen LogP contribution >= 0.6 is 0 Å². The van der Waals surface area contributed by atoms with Crippen molar-refractivity contribution >= 4 is 0 Å². The molecular weight excluding hydrogens is 801 g/mol. The Kier molecular flexibility index (Phi) is 15.7. The summed E-state index contributed by atoms with van der Waals surface area (Å²) >= 11 is 0. The molecule has 62 heavy (non-hydrogen) atoms. The Hall–Kier alpha value is -3.68. The van der Waals surface area contributed by atoms with E-state index in [2.05, 4.69) is 0 Å². The molecule has 0 spiro atoms. The van der Waals surface area contributed by atoms with E-state index in [9.17, 15) is 0 Å². The Bertz CT molecular complexity index is 1740. The lowest BCUT2D eigenvalue weighted by Crippen LogP contribution is -2.67. The smallest absolute Gasteiger partial charge is 0.190 e. The second kappa shape index (κ2) is 22.3. The fourth-order valence-corrected chi connectivity index (χ4v) is 8.30. The molecule has 12 atom stereocenters. The zero-order valence-corrected chi connectivity index (χ0v) is 34.7. The van der Waals surface area contributed by atoms with Crippen LogP contribution in [0.15, 0.2) is 121 Å². The van der Waals surface area contributed by atoms with Crippen molar-refractivity contribution in [2.24, 2.45) is 0 Å². The minimum absolute atomic E-state index is 0.208. The summed E-state index contributed by atoms with van der Waals surface area (Å²) in [4.78, 5) is 0. The van der Waals surface area contributed by atoms with Crippen molar-refractivity contribution in [1.82, 2.24) is 0 Å². The maximum atomic E-state index is 7.01. The van der Waals surface area contributed by atoms with Gasteiger partial charge in [-0.2, -0.15) is 0 Å². The summed E-state index contributed by atoms with van der Waals surface area (Å²) in [5.41, 5.74) is 3.75. The number of rotatable bonds is 8. The van der Waals surface area contributed by atoms with E-state index >= 15 is 0 Å². The van der Waals surface area contributed by atoms with Crippen LogP contribution in [0.4, 0.5) is 0 Å². The Balaban J connectivity index is 1.03. The number of fused-ring (bicyclic) bond motifs is 4. The summed E-state index contributed by atoms with van der Waals surface area (Å²) in [6, 6.07) is 39.6. The number of hydrogen-bond acceptors (Lipinski definition) is 14. The van der Waals surface area contributed by atoms with Gasteiger partial charge in [0.25, 0.3) is 0 Å². The lowest BCUT2D eigenvalue weighted by Gasteiger charge is -2.52. The molecule has 5 saturated heterocycles. The number of benzene rings is 4. The fourth-order valence-electron chi connectivity index (χ4n) is 8.30. The largest absolute Gasteiger partial charge is 0.377 e. The van der Waals surface area contributed by atoms with Crippen LogP contribution in [0.5, 0.6) is 0 Å². The van der Waals surface area contributed by atoms with Gasteiger partial charge in [0, 0.05) is 11.1 Å². The van der Waals surface area contributed by atoms with E-state index in [4.69, 9.17) is 66.3 Å². The first kappa shape index (κ1) is 43.6. The average Bonchev–Trinajstić information content (AvgIpc) is 3.32. The summed E-state index contributed by atoms with van der Waals surface area (Å²) in [6.45, 7) is 3.62. The van der Waals surface area contributed by atoms with Gasteiger partial charge in [-0.05, 0) is 11.1 Å². The first-order valence-electron chi connectivity index (χ1n) is 21.6. The molecule has 14 nitrogen and oxygen atoms in total. The zero-order chi connectivity index (χ0) is 41.8. The van der Waals surface area contributed by atoms with Gasteiger partial charge in [0.1, 0.15) is 48.8 Å². The van der Waals surface area contributed by atoms with E-state index in [-0.39, 0.29) is 39.6 Å². The van der Waals surface area contributed by atoms with Gasteiger partial charge in [0.15, 0.2) is 25.2 Å². The monoisotopic (exact) mass is 856 g/mol. The van der Waals surface area contributed by atoms with E-state index < -0.39 is 74.0 Å². The average molecular weight is 857 g/mol. The Morgan fingerprint density at radius 3 is 1.15 bits per heavy atom. The predicted octanol–water partition coefficient (Wildman–Crippen LogP) is 5.69. The van der Waals surface area contributed by atoms with Gasteiger partial charge in [-0.1, -0.05) is 121 Å². The van der Waals surface area contributed by atoms with Crippen molar-refractivity contribution in [3.8, 4) is 0 Å². The molecule has 9 rings (SSSR count). The normalized spacial score (nSPS) is 33.9. The van der Waals surface area contributed by atoms with Gasteiger partial charge >= 0.3 is 0 Å². The van der Waals surface area contributed by atoms with Crippen LogP contribution < -0.4 is 0 Å². The SMILES string of the molecule is c1ccc(CO[C@@H]2[C@H]3OCCOCCOCCOCCO[C@H]4[C@@H](O[C@H]3O[C@@H]3COC(c5ccccc5)O[C@@H]23)O[C@@H]2COC(c3ccccc3)O[C@H]2[C@@H]4OCc2ccccc2)cc1. The van der Waals surface area contributed by atoms with E-state index in [0.29, 0.717) is 39.6 Å². The molecule has 0 bridgehead atoms. The molecule has 332 valence electrons. The molecule has 4 aromatic carbocycles. The number of ether oxygens (including phenoxy) is 14. The third kappa shape index (κ3) is 11.2. The molecule has 5 aliphatic heterocycles. The molecule has 0 radical (unpaired) electrons. The maximum Gasteiger partial charge on any atom is 0.190 e.